The molecule has 1 aromatic heterocycles. The molecule has 0 unspecified atom stereocenters. The van der Waals surface area contributed by atoms with Gasteiger partial charge < -0.3 is 15.2 Å². The van der Waals surface area contributed by atoms with Crippen LogP contribution in [-0.4, -0.2) is 26.0 Å². The van der Waals surface area contributed by atoms with Crippen molar-refractivity contribution in [1.82, 2.24) is 9.97 Å². The van der Waals surface area contributed by atoms with Crippen LogP contribution in [-0.2, 0) is 0 Å². The number of rotatable bonds is 2. The molecule has 0 amide bonds. The molecule has 0 aliphatic rings. The van der Waals surface area contributed by atoms with E-state index in [2.05, 4.69) is 9.97 Å². The van der Waals surface area contributed by atoms with Gasteiger partial charge in [-0.05, 0) is 21.5 Å². The zero-order chi connectivity index (χ0) is 10.0. The Morgan fingerprint density at radius 1 is 1.69 bits per heavy atom. The van der Waals surface area contributed by atoms with Crippen molar-refractivity contribution in [2.75, 3.05) is 0 Å². The molecule has 0 atom stereocenters. The van der Waals surface area contributed by atoms with E-state index in [0.717, 1.165) is 6.20 Å². The Labute approximate surface area is 76.1 Å². The summed E-state index contributed by atoms with van der Waals surface area (Å²) in [5.74, 6) is -2.28. The third-order valence-corrected chi connectivity index (χ3v) is 1.32. The predicted octanol–water partition coefficient (Wildman–Crippen LogP) is 0.736. The maximum atomic E-state index is 10.4. The van der Waals surface area contributed by atoms with E-state index >= 15 is 0 Å². The van der Waals surface area contributed by atoms with Gasteiger partial charge in [-0.3, -0.25) is 0 Å². The van der Waals surface area contributed by atoms with Gasteiger partial charge in [-0.1, -0.05) is 0 Å². The maximum Gasteiger partial charge on any atom is 0.383 e. The first kappa shape index (κ1) is 9.33. The summed E-state index contributed by atoms with van der Waals surface area (Å²) in [5, 5.41) is 18.4. The molecule has 8 heteroatoms. The third kappa shape index (κ3) is 1.88. The fraction of sp³-hybridized carbons (Fsp3) is 0. The molecule has 0 aromatic carbocycles. The lowest BCUT2D eigenvalue weighted by atomic mass is 10.3. The zero-order valence-corrected chi connectivity index (χ0v) is 6.72. The molecular weight excluding hydrogens is 202 g/mol. The second-order valence-electron chi connectivity index (χ2n) is 1.94. The smallest absolute Gasteiger partial charge is 0.383 e. The van der Waals surface area contributed by atoms with Crippen LogP contribution >= 0.6 is 11.6 Å². The van der Waals surface area contributed by atoms with E-state index < -0.39 is 22.3 Å². The lowest BCUT2D eigenvalue weighted by molar-refractivity contribution is -0.389. The van der Waals surface area contributed by atoms with Gasteiger partial charge in [0.25, 0.3) is 0 Å². The molecule has 0 fully saturated rings. The maximum absolute atomic E-state index is 10.4. The lowest BCUT2D eigenvalue weighted by Crippen LogP contribution is -2.05. The first-order valence-electron chi connectivity index (χ1n) is 2.92. The lowest BCUT2D eigenvalue weighted by Gasteiger charge is -1.95. The molecule has 0 saturated carbocycles. The number of hydrogen-bond acceptors (Lipinski definition) is 5. The number of carboxylic acids is 1. The van der Waals surface area contributed by atoms with Crippen LogP contribution in [0.15, 0.2) is 6.20 Å². The van der Waals surface area contributed by atoms with Crippen LogP contribution in [0.25, 0.3) is 0 Å². The van der Waals surface area contributed by atoms with Crippen LogP contribution in [0, 0.1) is 10.1 Å². The minimum atomic E-state index is -1.47. The Bertz CT molecular complexity index is 380. The number of nitro groups is 1. The van der Waals surface area contributed by atoms with Crippen molar-refractivity contribution in [3.63, 3.8) is 0 Å². The molecule has 0 aliphatic carbocycles. The summed E-state index contributed by atoms with van der Waals surface area (Å²) in [4.78, 5) is 26.2. The number of hydrogen-bond donors (Lipinski definition) is 1. The van der Waals surface area contributed by atoms with Gasteiger partial charge in [0.2, 0.25) is 0 Å². The minimum Gasteiger partial charge on any atom is -0.477 e. The molecule has 7 nitrogen and oxygen atoms in total. The van der Waals surface area contributed by atoms with Gasteiger partial charge >= 0.3 is 17.1 Å². The van der Waals surface area contributed by atoms with Crippen molar-refractivity contribution < 1.29 is 14.8 Å². The number of nitrogens with zero attached hydrogens (tertiary/aromatic N) is 3. The van der Waals surface area contributed by atoms with E-state index in [1.165, 1.54) is 0 Å². The molecule has 0 saturated heterocycles. The van der Waals surface area contributed by atoms with Crippen molar-refractivity contribution in [1.29, 1.82) is 0 Å². The van der Waals surface area contributed by atoms with Crippen LogP contribution in [0.2, 0.25) is 5.28 Å². The van der Waals surface area contributed by atoms with Crippen LogP contribution in [0.3, 0.4) is 0 Å². The monoisotopic (exact) mass is 203 g/mol. The van der Waals surface area contributed by atoms with Crippen LogP contribution in [0.1, 0.15) is 10.4 Å². The van der Waals surface area contributed by atoms with Gasteiger partial charge in [-0.15, -0.1) is 0 Å². The van der Waals surface area contributed by atoms with Crippen molar-refractivity contribution in [3.05, 3.63) is 27.2 Å². The molecule has 0 radical (unpaired) electrons. The van der Waals surface area contributed by atoms with Crippen molar-refractivity contribution in [2.24, 2.45) is 0 Å². The Balaban J connectivity index is 3.35. The minimum absolute atomic E-state index is 0.364. The average molecular weight is 204 g/mol. The summed E-state index contributed by atoms with van der Waals surface area (Å²) in [7, 11) is 0. The highest BCUT2D eigenvalue weighted by Gasteiger charge is 2.22. The standard InChI is InChI=1S/C5H2ClN3O4/c6-5-7-1-2(4(10)11)3(8-5)9(12)13/h1H,(H,10,11). The molecule has 0 bridgehead atoms. The summed E-state index contributed by atoms with van der Waals surface area (Å²) >= 11 is 5.25. The van der Waals surface area contributed by atoms with E-state index in [-0.39, 0.29) is 5.28 Å². The number of halogens is 1. The van der Waals surface area contributed by atoms with Gasteiger partial charge in [0.1, 0.15) is 0 Å². The molecule has 1 rings (SSSR count). The van der Waals surface area contributed by atoms with Crippen LogP contribution < -0.4 is 0 Å². The van der Waals surface area contributed by atoms with E-state index in [9.17, 15) is 14.9 Å². The normalized spacial score (nSPS) is 9.62. The number of carbonyl (C=O) groups is 1. The molecule has 1 N–H and O–H groups in total. The molecule has 0 aliphatic heterocycles. The second-order valence-corrected chi connectivity index (χ2v) is 2.28. The summed E-state index contributed by atoms with van der Waals surface area (Å²) in [6.07, 6.45) is 0.787. The van der Waals surface area contributed by atoms with E-state index in [0.29, 0.717) is 0 Å². The van der Waals surface area contributed by atoms with Gasteiger partial charge in [-0.2, -0.15) is 0 Å². The quantitative estimate of drug-likeness (QED) is 0.432. The Hall–Kier alpha value is -1.76. The fourth-order valence-electron chi connectivity index (χ4n) is 0.642. The number of aromatic nitrogens is 2. The highest BCUT2D eigenvalue weighted by atomic mass is 35.5. The number of aromatic carboxylic acids is 1. The Kier molecular flexibility index (Phi) is 2.38. The number of carboxylic acid groups (broad SMARTS) is 1. The van der Waals surface area contributed by atoms with E-state index in [4.69, 9.17) is 16.7 Å². The summed E-state index contributed by atoms with van der Waals surface area (Å²) < 4.78 is 0. The highest BCUT2D eigenvalue weighted by Crippen LogP contribution is 2.15. The van der Waals surface area contributed by atoms with E-state index in [1.807, 2.05) is 0 Å². The predicted molar refractivity (Wildman–Crippen MR) is 40.7 cm³/mol. The van der Waals surface area contributed by atoms with Crippen LogP contribution in [0.5, 0.6) is 0 Å². The first-order valence-corrected chi connectivity index (χ1v) is 3.30. The van der Waals surface area contributed by atoms with Gasteiger partial charge in [0, 0.05) is 0 Å². The zero-order valence-electron chi connectivity index (χ0n) is 5.97. The Morgan fingerprint density at radius 3 is 2.77 bits per heavy atom. The van der Waals surface area contributed by atoms with Crippen LogP contribution in [0.4, 0.5) is 5.82 Å². The fourth-order valence-corrected chi connectivity index (χ4v) is 0.771. The third-order valence-electron chi connectivity index (χ3n) is 1.14. The molecule has 0 spiro atoms. The van der Waals surface area contributed by atoms with Crippen molar-refractivity contribution in [3.8, 4) is 0 Å². The highest BCUT2D eigenvalue weighted by molar-refractivity contribution is 6.28. The molecule has 1 heterocycles. The van der Waals surface area contributed by atoms with Gasteiger partial charge in [0.15, 0.2) is 5.56 Å². The van der Waals surface area contributed by atoms with Gasteiger partial charge in [-0.25, -0.2) is 9.78 Å². The SMILES string of the molecule is O=C(O)c1cnc(Cl)nc1[N+](=O)[O-]. The molecular formula is C5H2ClN3O4. The summed E-state index contributed by atoms with van der Waals surface area (Å²) in [6, 6.07) is 0. The summed E-state index contributed by atoms with van der Waals surface area (Å²) in [5.41, 5.74) is -0.589. The van der Waals surface area contributed by atoms with Crippen molar-refractivity contribution in [2.45, 2.75) is 0 Å². The van der Waals surface area contributed by atoms with Gasteiger partial charge in [0.05, 0.1) is 6.20 Å². The summed E-state index contributed by atoms with van der Waals surface area (Å²) in [6.45, 7) is 0. The second kappa shape index (κ2) is 3.31. The molecule has 68 valence electrons. The van der Waals surface area contributed by atoms with Crippen molar-refractivity contribution >= 4 is 23.4 Å². The topological polar surface area (TPSA) is 106 Å². The Morgan fingerprint density at radius 2 is 2.31 bits per heavy atom. The largest absolute Gasteiger partial charge is 0.477 e. The van der Waals surface area contributed by atoms with E-state index in [1.54, 1.807) is 0 Å². The first-order chi connectivity index (χ1) is 6.02. The molecule has 13 heavy (non-hydrogen) atoms. The molecule has 1 aromatic rings. The average Bonchev–Trinajstić information content (AvgIpc) is 2.03.